The Balaban J connectivity index is 2.14. The van der Waals surface area contributed by atoms with Crippen LogP contribution < -0.4 is 5.73 Å². The maximum absolute atomic E-state index is 13.5. The molecule has 2 rings (SSSR count). The monoisotopic (exact) mass is 261 g/mol. The molecule has 1 nitrogen and oxygen atoms in total. The molecular formula is C15H16FNS. The van der Waals surface area contributed by atoms with Gasteiger partial charge in [0.25, 0.3) is 0 Å². The fourth-order valence-electron chi connectivity index (χ4n) is 1.67. The summed E-state index contributed by atoms with van der Waals surface area (Å²) in [6.45, 7) is 2.06. The fourth-order valence-corrected chi connectivity index (χ4v) is 2.51. The van der Waals surface area contributed by atoms with Crippen LogP contribution in [0.5, 0.6) is 0 Å². The van der Waals surface area contributed by atoms with Crippen molar-refractivity contribution >= 4 is 11.8 Å². The third-order valence-electron chi connectivity index (χ3n) is 2.81. The van der Waals surface area contributed by atoms with Crippen LogP contribution in [0, 0.1) is 5.82 Å². The van der Waals surface area contributed by atoms with Crippen molar-refractivity contribution in [3.05, 3.63) is 59.9 Å². The van der Waals surface area contributed by atoms with Crippen molar-refractivity contribution in [3.8, 4) is 0 Å². The molecule has 2 aromatic rings. The molecule has 0 aliphatic heterocycles. The molecule has 0 radical (unpaired) electrons. The van der Waals surface area contributed by atoms with Crippen molar-refractivity contribution in [2.24, 2.45) is 5.73 Å². The molecule has 0 aliphatic carbocycles. The molecule has 0 heterocycles. The predicted molar refractivity (Wildman–Crippen MR) is 74.2 cm³/mol. The molecule has 0 bridgehead atoms. The Hall–Kier alpha value is -1.32. The maximum Gasteiger partial charge on any atom is 0.137 e. The lowest BCUT2D eigenvalue weighted by atomic mass is 10.1. The molecule has 0 aliphatic rings. The van der Waals surface area contributed by atoms with Crippen molar-refractivity contribution < 1.29 is 4.39 Å². The van der Waals surface area contributed by atoms with E-state index in [2.05, 4.69) is 6.92 Å². The summed E-state index contributed by atoms with van der Waals surface area (Å²) in [4.78, 5) is 1.66. The normalized spacial score (nSPS) is 12.4. The lowest BCUT2D eigenvalue weighted by Gasteiger charge is -2.09. The minimum Gasteiger partial charge on any atom is -0.324 e. The predicted octanol–water partition coefficient (Wildman–Crippen LogP) is 4.39. The van der Waals surface area contributed by atoms with Crippen LogP contribution >= 0.6 is 11.8 Å². The highest BCUT2D eigenvalue weighted by molar-refractivity contribution is 7.99. The third-order valence-corrected chi connectivity index (χ3v) is 3.87. The fraction of sp³-hybridized carbons (Fsp3) is 0.200. The van der Waals surface area contributed by atoms with Gasteiger partial charge in [-0.05, 0) is 36.2 Å². The standard InChI is InChI=1S/C15H16FNS/c1-2-14(17)11-7-9-12(10-8-11)18-15-6-4-3-5-13(15)16/h3-10,14H,2,17H2,1H3/t14-/m0/s1. The second kappa shape index (κ2) is 6.03. The van der Waals surface area contributed by atoms with Gasteiger partial charge in [-0.2, -0.15) is 0 Å². The summed E-state index contributed by atoms with van der Waals surface area (Å²) in [5, 5.41) is 0. The van der Waals surface area contributed by atoms with Gasteiger partial charge in [-0.3, -0.25) is 0 Å². The van der Waals surface area contributed by atoms with E-state index in [9.17, 15) is 4.39 Å². The highest BCUT2D eigenvalue weighted by atomic mass is 32.2. The molecular weight excluding hydrogens is 245 g/mol. The van der Waals surface area contributed by atoms with Crippen LogP contribution in [0.1, 0.15) is 24.9 Å². The van der Waals surface area contributed by atoms with E-state index < -0.39 is 0 Å². The van der Waals surface area contributed by atoms with Gasteiger partial charge in [0.2, 0.25) is 0 Å². The first-order valence-electron chi connectivity index (χ1n) is 5.98. The molecule has 1 atom stereocenters. The second-order valence-corrected chi connectivity index (χ2v) is 5.23. The van der Waals surface area contributed by atoms with Crippen molar-refractivity contribution in [1.82, 2.24) is 0 Å². The quantitative estimate of drug-likeness (QED) is 0.883. The third kappa shape index (κ3) is 3.12. The maximum atomic E-state index is 13.5. The number of benzene rings is 2. The first-order valence-corrected chi connectivity index (χ1v) is 6.80. The van der Waals surface area contributed by atoms with Gasteiger partial charge in [0.05, 0.1) is 0 Å². The number of hydrogen-bond donors (Lipinski definition) is 1. The average molecular weight is 261 g/mol. The van der Waals surface area contributed by atoms with Gasteiger partial charge >= 0.3 is 0 Å². The van der Waals surface area contributed by atoms with E-state index in [1.165, 1.54) is 17.8 Å². The van der Waals surface area contributed by atoms with E-state index >= 15 is 0 Å². The zero-order chi connectivity index (χ0) is 13.0. The van der Waals surface area contributed by atoms with E-state index in [0.717, 1.165) is 16.9 Å². The lowest BCUT2D eigenvalue weighted by Crippen LogP contribution is -2.07. The summed E-state index contributed by atoms with van der Waals surface area (Å²) in [5.41, 5.74) is 7.07. The van der Waals surface area contributed by atoms with E-state index in [-0.39, 0.29) is 11.9 Å². The van der Waals surface area contributed by atoms with Gasteiger partial charge < -0.3 is 5.73 Å². The Kier molecular flexibility index (Phi) is 4.39. The van der Waals surface area contributed by atoms with E-state index in [4.69, 9.17) is 5.73 Å². The molecule has 2 aromatic carbocycles. The lowest BCUT2D eigenvalue weighted by molar-refractivity contribution is 0.602. The number of rotatable bonds is 4. The second-order valence-electron chi connectivity index (χ2n) is 4.12. The zero-order valence-electron chi connectivity index (χ0n) is 10.3. The number of nitrogens with two attached hydrogens (primary N) is 1. The zero-order valence-corrected chi connectivity index (χ0v) is 11.1. The Labute approximate surface area is 111 Å². The van der Waals surface area contributed by atoms with Crippen LogP contribution in [0.2, 0.25) is 0 Å². The number of hydrogen-bond acceptors (Lipinski definition) is 2. The van der Waals surface area contributed by atoms with Gasteiger partial charge in [0.15, 0.2) is 0 Å². The van der Waals surface area contributed by atoms with Crippen molar-refractivity contribution in [2.75, 3.05) is 0 Å². The molecule has 3 heteroatoms. The highest BCUT2D eigenvalue weighted by Gasteiger charge is 2.05. The summed E-state index contributed by atoms with van der Waals surface area (Å²) in [7, 11) is 0. The van der Waals surface area contributed by atoms with Gasteiger partial charge in [-0.1, -0.05) is 43.0 Å². The van der Waals surface area contributed by atoms with Gasteiger partial charge in [0, 0.05) is 15.8 Å². The van der Waals surface area contributed by atoms with Gasteiger partial charge in [-0.25, -0.2) is 4.39 Å². The topological polar surface area (TPSA) is 26.0 Å². The Morgan fingerprint density at radius 1 is 1.11 bits per heavy atom. The van der Waals surface area contributed by atoms with E-state index in [0.29, 0.717) is 4.90 Å². The first-order chi connectivity index (χ1) is 8.70. The van der Waals surface area contributed by atoms with Crippen LogP contribution in [-0.2, 0) is 0 Å². The molecule has 2 N–H and O–H groups in total. The largest absolute Gasteiger partial charge is 0.324 e. The Bertz CT molecular complexity index is 510. The summed E-state index contributed by atoms with van der Waals surface area (Å²) in [6.07, 6.45) is 0.916. The van der Waals surface area contributed by atoms with Crippen molar-refractivity contribution in [1.29, 1.82) is 0 Å². The van der Waals surface area contributed by atoms with Gasteiger partial charge in [0.1, 0.15) is 5.82 Å². The van der Waals surface area contributed by atoms with Gasteiger partial charge in [-0.15, -0.1) is 0 Å². The summed E-state index contributed by atoms with van der Waals surface area (Å²) in [5.74, 6) is -0.183. The average Bonchev–Trinajstić information content (AvgIpc) is 2.41. The smallest absolute Gasteiger partial charge is 0.137 e. The first kappa shape index (κ1) is 13.1. The van der Waals surface area contributed by atoms with E-state index in [1.54, 1.807) is 12.1 Å². The summed E-state index contributed by atoms with van der Waals surface area (Å²) in [6, 6.07) is 14.9. The molecule has 0 fully saturated rings. The van der Waals surface area contributed by atoms with E-state index in [1.807, 2.05) is 30.3 Å². The molecule has 18 heavy (non-hydrogen) atoms. The Morgan fingerprint density at radius 2 is 1.78 bits per heavy atom. The minimum atomic E-state index is -0.183. The minimum absolute atomic E-state index is 0.0810. The molecule has 0 spiro atoms. The van der Waals surface area contributed by atoms with Crippen molar-refractivity contribution in [2.45, 2.75) is 29.2 Å². The SMILES string of the molecule is CC[C@H](N)c1ccc(Sc2ccccc2F)cc1. The van der Waals surface area contributed by atoms with Crippen LogP contribution in [-0.4, -0.2) is 0 Å². The highest BCUT2D eigenvalue weighted by Crippen LogP contribution is 2.30. The van der Waals surface area contributed by atoms with Crippen LogP contribution in [0.25, 0.3) is 0 Å². The summed E-state index contributed by atoms with van der Waals surface area (Å²) < 4.78 is 13.5. The molecule has 94 valence electrons. The van der Waals surface area contributed by atoms with Crippen LogP contribution in [0.15, 0.2) is 58.3 Å². The van der Waals surface area contributed by atoms with Crippen molar-refractivity contribution in [3.63, 3.8) is 0 Å². The molecule has 0 aromatic heterocycles. The molecule has 0 saturated carbocycles. The van der Waals surface area contributed by atoms with Crippen LogP contribution in [0.3, 0.4) is 0 Å². The molecule has 0 saturated heterocycles. The van der Waals surface area contributed by atoms with Crippen LogP contribution in [0.4, 0.5) is 4.39 Å². The molecule has 0 unspecified atom stereocenters. The Morgan fingerprint density at radius 3 is 2.39 bits per heavy atom. The number of halogens is 1. The molecule has 0 amide bonds. The summed E-state index contributed by atoms with van der Waals surface area (Å²) >= 11 is 1.43.